The molecule has 3 aromatic heterocycles. The zero-order valence-electron chi connectivity index (χ0n) is 19.4. The maximum atomic E-state index is 13.7. The zero-order chi connectivity index (χ0) is 24.8. The van der Waals surface area contributed by atoms with E-state index in [-0.39, 0.29) is 17.9 Å². The van der Waals surface area contributed by atoms with Crippen LogP contribution in [0.15, 0.2) is 77.6 Å². The van der Waals surface area contributed by atoms with Crippen molar-refractivity contribution in [3.05, 3.63) is 79.0 Å². The van der Waals surface area contributed by atoms with E-state index < -0.39 is 6.09 Å². The maximum absolute atomic E-state index is 13.7. The van der Waals surface area contributed by atoms with Crippen LogP contribution in [0.3, 0.4) is 0 Å². The molecule has 0 spiro atoms. The largest absolute Gasteiger partial charge is 0.465 e. The van der Waals surface area contributed by atoms with E-state index in [1.54, 1.807) is 16.8 Å². The molecular formula is C27H22FN5O3. The van der Waals surface area contributed by atoms with Gasteiger partial charge in [-0.15, -0.1) is 0 Å². The third-order valence-corrected chi connectivity index (χ3v) is 6.66. The second-order valence-corrected chi connectivity index (χ2v) is 8.97. The van der Waals surface area contributed by atoms with E-state index >= 15 is 0 Å². The molecule has 1 saturated heterocycles. The van der Waals surface area contributed by atoms with E-state index in [0.717, 1.165) is 22.1 Å². The van der Waals surface area contributed by atoms with Gasteiger partial charge in [0.2, 0.25) is 5.71 Å². The summed E-state index contributed by atoms with van der Waals surface area (Å²) in [6.45, 7) is 2.23. The van der Waals surface area contributed by atoms with Gasteiger partial charge in [-0.2, -0.15) is 5.10 Å². The molecule has 0 bridgehead atoms. The molecule has 1 aliphatic rings. The smallest absolute Gasteiger partial charge is 0.407 e. The predicted octanol–water partition coefficient (Wildman–Crippen LogP) is 5.87. The number of nitrogens with zero attached hydrogens (tertiary/aromatic N) is 5. The van der Waals surface area contributed by atoms with Crippen molar-refractivity contribution in [1.29, 1.82) is 0 Å². The summed E-state index contributed by atoms with van der Waals surface area (Å²) in [5, 5.41) is 15.1. The van der Waals surface area contributed by atoms with Gasteiger partial charge in [0.15, 0.2) is 0 Å². The van der Waals surface area contributed by atoms with Crippen molar-refractivity contribution in [2.75, 3.05) is 6.54 Å². The maximum Gasteiger partial charge on any atom is 0.407 e. The molecule has 8 nitrogen and oxygen atoms in total. The first-order valence-corrected chi connectivity index (χ1v) is 11.6. The number of amides is 1. The molecule has 2 atom stereocenters. The number of carboxylic acid groups (broad SMARTS) is 1. The Bertz CT molecular complexity index is 1560. The van der Waals surface area contributed by atoms with Crippen LogP contribution in [0.4, 0.5) is 9.18 Å². The molecule has 6 rings (SSSR count). The van der Waals surface area contributed by atoms with Crippen molar-refractivity contribution >= 4 is 17.2 Å². The second kappa shape index (κ2) is 8.60. The Hall–Kier alpha value is -4.53. The summed E-state index contributed by atoms with van der Waals surface area (Å²) in [7, 11) is 0. The lowest BCUT2D eigenvalue weighted by Gasteiger charge is -2.16. The molecule has 4 heterocycles. The molecule has 9 heteroatoms. The van der Waals surface area contributed by atoms with E-state index in [2.05, 4.69) is 9.97 Å². The highest BCUT2D eigenvalue weighted by Crippen LogP contribution is 2.38. The number of aromatic nitrogens is 4. The number of hydrogen-bond acceptors (Lipinski definition) is 5. The van der Waals surface area contributed by atoms with Gasteiger partial charge in [-0.05, 0) is 43.7 Å². The van der Waals surface area contributed by atoms with Gasteiger partial charge in [0.25, 0.3) is 0 Å². The minimum absolute atomic E-state index is 0.123. The Morgan fingerprint density at radius 2 is 1.83 bits per heavy atom. The van der Waals surface area contributed by atoms with Gasteiger partial charge in [0.05, 0.1) is 17.1 Å². The number of carbonyl (C=O) groups is 1. The number of likely N-dealkylation sites (tertiary alicyclic amines) is 1. The lowest BCUT2D eigenvalue weighted by atomic mass is 10.0. The fraction of sp³-hybridized carbons (Fsp3) is 0.185. The Morgan fingerprint density at radius 1 is 1.06 bits per heavy atom. The third kappa shape index (κ3) is 3.78. The summed E-state index contributed by atoms with van der Waals surface area (Å²) in [6, 6.07) is 17.5. The zero-order valence-corrected chi connectivity index (χ0v) is 19.4. The van der Waals surface area contributed by atoms with Crippen LogP contribution in [0.25, 0.3) is 44.9 Å². The van der Waals surface area contributed by atoms with Gasteiger partial charge in [-0.25, -0.2) is 19.2 Å². The fourth-order valence-corrected chi connectivity index (χ4v) is 4.85. The van der Waals surface area contributed by atoms with Gasteiger partial charge < -0.3 is 14.4 Å². The molecule has 2 aromatic carbocycles. The first-order valence-electron chi connectivity index (χ1n) is 11.6. The van der Waals surface area contributed by atoms with E-state index in [1.165, 1.54) is 23.4 Å². The highest BCUT2D eigenvalue weighted by atomic mass is 19.1. The van der Waals surface area contributed by atoms with Crippen LogP contribution < -0.4 is 0 Å². The highest BCUT2D eigenvalue weighted by molar-refractivity contribution is 5.95. The van der Waals surface area contributed by atoms with E-state index in [4.69, 9.17) is 9.52 Å². The first-order chi connectivity index (χ1) is 17.5. The van der Waals surface area contributed by atoms with Crippen molar-refractivity contribution in [1.82, 2.24) is 24.6 Å². The molecule has 0 unspecified atom stereocenters. The van der Waals surface area contributed by atoms with E-state index in [1.807, 2.05) is 49.5 Å². The lowest BCUT2D eigenvalue weighted by molar-refractivity contribution is 0.142. The van der Waals surface area contributed by atoms with Crippen LogP contribution in [-0.2, 0) is 0 Å². The molecule has 1 fully saturated rings. The van der Waals surface area contributed by atoms with Crippen molar-refractivity contribution in [3.63, 3.8) is 0 Å². The molecule has 0 saturated carbocycles. The fourth-order valence-electron chi connectivity index (χ4n) is 4.85. The molecule has 180 valence electrons. The van der Waals surface area contributed by atoms with Crippen LogP contribution in [0, 0.1) is 5.82 Å². The topological polar surface area (TPSA) is 97.3 Å². The van der Waals surface area contributed by atoms with E-state index in [9.17, 15) is 14.3 Å². The van der Waals surface area contributed by atoms with Crippen molar-refractivity contribution in [2.24, 2.45) is 0 Å². The minimum atomic E-state index is -0.944. The van der Waals surface area contributed by atoms with Crippen LogP contribution >= 0.6 is 0 Å². The van der Waals surface area contributed by atoms with Gasteiger partial charge in [-0.3, -0.25) is 4.68 Å². The van der Waals surface area contributed by atoms with Gasteiger partial charge in [0.1, 0.15) is 23.6 Å². The quantitative estimate of drug-likeness (QED) is 0.343. The third-order valence-electron chi connectivity index (χ3n) is 6.66. The molecule has 5 aromatic rings. The number of fused-ring (bicyclic) bond motifs is 1. The van der Waals surface area contributed by atoms with Crippen LogP contribution in [0.5, 0.6) is 0 Å². The van der Waals surface area contributed by atoms with Crippen LogP contribution in [0.1, 0.15) is 19.4 Å². The van der Waals surface area contributed by atoms with Gasteiger partial charge in [-0.1, -0.05) is 30.3 Å². The molecule has 1 amide bonds. The van der Waals surface area contributed by atoms with Crippen molar-refractivity contribution < 1.29 is 18.7 Å². The molecule has 1 aliphatic heterocycles. The Labute approximate surface area is 205 Å². The molecule has 1 N–H and O–H groups in total. The summed E-state index contributed by atoms with van der Waals surface area (Å²) in [6.07, 6.45) is 3.03. The van der Waals surface area contributed by atoms with Crippen molar-refractivity contribution in [2.45, 2.75) is 25.4 Å². The Kier molecular flexibility index (Phi) is 5.25. The summed E-state index contributed by atoms with van der Waals surface area (Å²) in [5.74, 6) is 0.331. The average molecular weight is 484 g/mol. The highest BCUT2D eigenvalue weighted by Gasteiger charge is 2.34. The first kappa shape index (κ1) is 22.0. The Morgan fingerprint density at radius 3 is 2.56 bits per heavy atom. The summed E-state index contributed by atoms with van der Waals surface area (Å²) >= 11 is 0. The molecular weight excluding hydrogens is 461 g/mol. The average Bonchev–Trinajstić information content (AvgIpc) is 3.61. The number of halogens is 1. The Balaban J connectivity index is 1.50. The number of benzene rings is 2. The molecule has 0 aliphatic carbocycles. The molecule has 36 heavy (non-hydrogen) atoms. The monoisotopic (exact) mass is 483 g/mol. The SMILES string of the molecule is C[C@H]1C[C@H](n2cc(-c3ncnc4oc(-c5ccccc5)cc34)c(-c3ccc(F)cc3)n2)CN1C(=O)O. The summed E-state index contributed by atoms with van der Waals surface area (Å²) in [4.78, 5) is 22.0. The normalized spacial score (nSPS) is 17.7. The second-order valence-electron chi connectivity index (χ2n) is 8.97. The van der Waals surface area contributed by atoms with Gasteiger partial charge in [0, 0.05) is 35.5 Å². The van der Waals surface area contributed by atoms with E-state index in [0.29, 0.717) is 35.8 Å². The minimum Gasteiger partial charge on any atom is -0.465 e. The standard InChI is InChI=1S/C27H22FN5O3/c1-16-11-20(13-32(16)27(34)35)33-14-22(24(31-33)18-7-9-19(28)10-8-18)25-21-12-23(17-5-3-2-4-6-17)36-26(21)30-15-29-25/h2-10,12,14-16,20H,11,13H2,1H3,(H,34,35)/t16-,20-/m0/s1. The van der Waals surface area contributed by atoms with Gasteiger partial charge >= 0.3 is 6.09 Å². The predicted molar refractivity (Wildman–Crippen MR) is 132 cm³/mol. The number of furan rings is 1. The van der Waals surface area contributed by atoms with Crippen LogP contribution in [0.2, 0.25) is 0 Å². The van der Waals surface area contributed by atoms with Crippen molar-refractivity contribution in [3.8, 4) is 33.8 Å². The summed E-state index contributed by atoms with van der Waals surface area (Å²) in [5.41, 5.74) is 4.09. The molecule has 0 radical (unpaired) electrons. The number of hydrogen-bond donors (Lipinski definition) is 1. The lowest BCUT2D eigenvalue weighted by Crippen LogP contribution is -2.32. The number of rotatable bonds is 4. The van der Waals surface area contributed by atoms with Crippen LogP contribution in [-0.4, -0.2) is 48.4 Å². The summed E-state index contributed by atoms with van der Waals surface area (Å²) < 4.78 is 21.5.